The fourth-order valence-electron chi connectivity index (χ4n) is 2.49. The van der Waals surface area contributed by atoms with Crippen LogP contribution in [0.15, 0.2) is 0 Å². The maximum atomic E-state index is 12.4. The second-order valence-electron chi connectivity index (χ2n) is 6.02. The van der Waals surface area contributed by atoms with Crippen LogP contribution in [0.4, 0.5) is 0 Å². The lowest BCUT2D eigenvalue weighted by Crippen LogP contribution is -2.40. The lowest BCUT2D eigenvalue weighted by Gasteiger charge is -2.28. The molecule has 1 fully saturated rings. The molecule has 1 aliphatic heterocycles. The maximum absolute atomic E-state index is 12.4. The quantitative estimate of drug-likeness (QED) is 0.757. The van der Waals surface area contributed by atoms with Crippen molar-refractivity contribution >= 4 is 5.91 Å². The molecule has 1 saturated heterocycles. The molecule has 1 amide bonds. The molecular formula is C15H30N2O. The summed E-state index contributed by atoms with van der Waals surface area (Å²) in [5.74, 6) is 1.52. The summed E-state index contributed by atoms with van der Waals surface area (Å²) >= 11 is 0. The average molecular weight is 254 g/mol. The van der Waals surface area contributed by atoms with Crippen LogP contribution in [0.3, 0.4) is 0 Å². The zero-order chi connectivity index (χ0) is 13.7. The van der Waals surface area contributed by atoms with E-state index in [0.29, 0.717) is 17.7 Å². The molecule has 3 atom stereocenters. The van der Waals surface area contributed by atoms with Crippen LogP contribution in [0.1, 0.15) is 60.3 Å². The second kappa shape index (κ2) is 7.13. The molecule has 1 heterocycles. The van der Waals surface area contributed by atoms with E-state index in [1.807, 2.05) is 0 Å². The first kappa shape index (κ1) is 15.5. The van der Waals surface area contributed by atoms with Gasteiger partial charge in [0.15, 0.2) is 0 Å². The highest BCUT2D eigenvalue weighted by Crippen LogP contribution is 2.21. The predicted octanol–water partition coefficient (Wildman–Crippen LogP) is 3.01. The van der Waals surface area contributed by atoms with Crippen LogP contribution < -0.4 is 5.32 Å². The second-order valence-corrected chi connectivity index (χ2v) is 6.02. The van der Waals surface area contributed by atoms with Crippen molar-refractivity contribution in [1.82, 2.24) is 10.2 Å². The number of carbonyl (C=O) groups excluding carboxylic acids is 1. The molecule has 3 heteroatoms. The number of nitrogens with zero attached hydrogens (tertiary/aromatic N) is 1. The smallest absolute Gasteiger partial charge is 0.241 e. The SMILES string of the molecule is CCCC1NC(CCC)N(CC(C)C(C)C)C1=O. The zero-order valence-electron chi connectivity index (χ0n) is 12.7. The Morgan fingerprint density at radius 2 is 1.78 bits per heavy atom. The first-order chi connectivity index (χ1) is 8.51. The molecule has 3 unspecified atom stereocenters. The molecule has 0 radical (unpaired) electrons. The van der Waals surface area contributed by atoms with Crippen LogP contribution in [-0.4, -0.2) is 29.6 Å². The maximum Gasteiger partial charge on any atom is 0.241 e. The van der Waals surface area contributed by atoms with Gasteiger partial charge >= 0.3 is 0 Å². The largest absolute Gasteiger partial charge is 0.326 e. The summed E-state index contributed by atoms with van der Waals surface area (Å²) in [6.07, 6.45) is 4.48. The molecule has 0 aliphatic carbocycles. The molecule has 0 bridgehead atoms. The average Bonchev–Trinajstić information content (AvgIpc) is 2.59. The number of rotatable bonds is 7. The van der Waals surface area contributed by atoms with E-state index in [2.05, 4.69) is 44.8 Å². The first-order valence-corrected chi connectivity index (χ1v) is 7.57. The fraction of sp³-hybridized carbons (Fsp3) is 0.933. The van der Waals surface area contributed by atoms with Crippen LogP contribution in [0.25, 0.3) is 0 Å². The highest BCUT2D eigenvalue weighted by molar-refractivity contribution is 5.84. The van der Waals surface area contributed by atoms with Crippen molar-refractivity contribution in [2.24, 2.45) is 11.8 Å². The van der Waals surface area contributed by atoms with Gasteiger partial charge in [-0.05, 0) is 24.7 Å². The number of carbonyl (C=O) groups is 1. The minimum absolute atomic E-state index is 0.0610. The van der Waals surface area contributed by atoms with Gasteiger partial charge in [0.25, 0.3) is 0 Å². The highest BCUT2D eigenvalue weighted by Gasteiger charge is 2.38. The van der Waals surface area contributed by atoms with Crippen molar-refractivity contribution < 1.29 is 4.79 Å². The van der Waals surface area contributed by atoms with Crippen molar-refractivity contribution in [2.75, 3.05) is 6.54 Å². The van der Waals surface area contributed by atoms with Gasteiger partial charge in [-0.2, -0.15) is 0 Å². The number of nitrogens with one attached hydrogen (secondary N) is 1. The highest BCUT2D eigenvalue weighted by atomic mass is 16.2. The Labute approximate surface area is 112 Å². The summed E-state index contributed by atoms with van der Waals surface area (Å²) in [5, 5.41) is 3.51. The molecule has 0 aromatic rings. The van der Waals surface area contributed by atoms with Crippen LogP contribution in [0, 0.1) is 11.8 Å². The number of hydrogen-bond acceptors (Lipinski definition) is 2. The minimum atomic E-state index is 0.0610. The molecule has 106 valence electrons. The monoisotopic (exact) mass is 254 g/mol. The normalized spacial score (nSPS) is 26.1. The van der Waals surface area contributed by atoms with Crippen molar-refractivity contribution in [1.29, 1.82) is 0 Å². The van der Waals surface area contributed by atoms with Crippen LogP contribution >= 0.6 is 0 Å². The molecule has 1 aliphatic rings. The molecule has 3 nitrogen and oxygen atoms in total. The van der Waals surface area contributed by atoms with E-state index in [1.54, 1.807) is 0 Å². The summed E-state index contributed by atoms with van der Waals surface area (Å²) < 4.78 is 0. The van der Waals surface area contributed by atoms with Gasteiger partial charge in [-0.1, -0.05) is 47.5 Å². The minimum Gasteiger partial charge on any atom is -0.326 e. The van der Waals surface area contributed by atoms with Crippen molar-refractivity contribution in [3.8, 4) is 0 Å². The van der Waals surface area contributed by atoms with E-state index in [9.17, 15) is 4.79 Å². The molecule has 0 aromatic carbocycles. The Kier molecular flexibility index (Phi) is 6.13. The lowest BCUT2D eigenvalue weighted by atomic mass is 9.97. The number of amides is 1. The van der Waals surface area contributed by atoms with Crippen LogP contribution in [-0.2, 0) is 4.79 Å². The van der Waals surface area contributed by atoms with Crippen molar-refractivity contribution in [2.45, 2.75) is 72.5 Å². The van der Waals surface area contributed by atoms with E-state index >= 15 is 0 Å². The number of hydrogen-bond donors (Lipinski definition) is 1. The Morgan fingerprint density at radius 1 is 1.17 bits per heavy atom. The summed E-state index contributed by atoms with van der Waals surface area (Å²) in [6, 6.07) is 0.0610. The van der Waals surface area contributed by atoms with E-state index in [0.717, 1.165) is 32.2 Å². The van der Waals surface area contributed by atoms with Gasteiger partial charge in [0.05, 0.1) is 12.2 Å². The standard InChI is InChI=1S/C15H30N2O/c1-6-8-13-15(18)17(10-12(5)11(3)4)14(16-13)9-7-2/h11-14,16H,6-10H2,1-5H3. The molecule has 1 N–H and O–H groups in total. The molecule has 0 spiro atoms. The van der Waals surface area contributed by atoms with Gasteiger partial charge in [-0.15, -0.1) is 0 Å². The molecular weight excluding hydrogens is 224 g/mol. The Bertz CT molecular complexity index is 265. The Balaban J connectivity index is 2.68. The summed E-state index contributed by atoms with van der Waals surface area (Å²) in [7, 11) is 0. The summed E-state index contributed by atoms with van der Waals surface area (Å²) in [6.45, 7) is 11.9. The summed E-state index contributed by atoms with van der Waals surface area (Å²) in [4.78, 5) is 14.5. The van der Waals surface area contributed by atoms with Crippen molar-refractivity contribution in [3.63, 3.8) is 0 Å². The fourth-order valence-corrected chi connectivity index (χ4v) is 2.49. The third-order valence-corrected chi connectivity index (χ3v) is 4.11. The predicted molar refractivity (Wildman–Crippen MR) is 76.2 cm³/mol. The first-order valence-electron chi connectivity index (χ1n) is 7.57. The van der Waals surface area contributed by atoms with E-state index in [4.69, 9.17) is 0 Å². The van der Waals surface area contributed by atoms with E-state index < -0.39 is 0 Å². The molecule has 0 saturated carbocycles. The van der Waals surface area contributed by atoms with Gasteiger partial charge in [-0.3, -0.25) is 10.1 Å². The Hall–Kier alpha value is -0.570. The molecule has 0 aromatic heterocycles. The van der Waals surface area contributed by atoms with Gasteiger partial charge in [0.1, 0.15) is 0 Å². The van der Waals surface area contributed by atoms with Gasteiger partial charge in [0.2, 0.25) is 5.91 Å². The third kappa shape index (κ3) is 3.71. The topological polar surface area (TPSA) is 32.3 Å². The summed E-state index contributed by atoms with van der Waals surface area (Å²) in [5.41, 5.74) is 0. The van der Waals surface area contributed by atoms with Crippen molar-refractivity contribution in [3.05, 3.63) is 0 Å². The van der Waals surface area contributed by atoms with Gasteiger partial charge < -0.3 is 4.90 Å². The third-order valence-electron chi connectivity index (χ3n) is 4.11. The molecule has 18 heavy (non-hydrogen) atoms. The zero-order valence-corrected chi connectivity index (χ0v) is 12.7. The molecule has 1 rings (SSSR count). The van der Waals surface area contributed by atoms with E-state index in [1.165, 1.54) is 0 Å². The van der Waals surface area contributed by atoms with Crippen LogP contribution in [0.5, 0.6) is 0 Å². The lowest BCUT2D eigenvalue weighted by molar-refractivity contribution is -0.131. The van der Waals surface area contributed by atoms with Gasteiger partial charge in [0, 0.05) is 6.54 Å². The Morgan fingerprint density at radius 3 is 2.28 bits per heavy atom. The van der Waals surface area contributed by atoms with Crippen LogP contribution in [0.2, 0.25) is 0 Å². The van der Waals surface area contributed by atoms with E-state index in [-0.39, 0.29) is 12.2 Å². The van der Waals surface area contributed by atoms with Gasteiger partial charge in [-0.25, -0.2) is 0 Å².